The van der Waals surface area contributed by atoms with Crippen molar-refractivity contribution in [1.29, 1.82) is 0 Å². The zero-order valence-electron chi connectivity index (χ0n) is 10.7. The second kappa shape index (κ2) is 7.38. The van der Waals surface area contributed by atoms with E-state index in [1.807, 2.05) is 36.4 Å². The zero-order chi connectivity index (χ0) is 13.5. The van der Waals surface area contributed by atoms with Gasteiger partial charge < -0.3 is 0 Å². The number of Topliss-reactive ketones (excluding diaryl/α,β-unsaturated/α-hetero) is 1. The van der Waals surface area contributed by atoms with E-state index in [1.165, 1.54) is 11.1 Å². The summed E-state index contributed by atoms with van der Waals surface area (Å²) in [5.41, 5.74) is 2.42. The maximum atomic E-state index is 12.1. The molecule has 0 N–H and O–H groups in total. The fourth-order valence-electron chi connectivity index (χ4n) is 1.98. The minimum atomic E-state index is -0.0471. The SMILES string of the molecule is O=C(CCc1ccccc1)[CH]([Pd])Cc1ccccc1. The number of ketones is 1. The van der Waals surface area contributed by atoms with Gasteiger partial charge in [-0.25, -0.2) is 0 Å². The predicted molar refractivity (Wildman–Crippen MR) is 73.7 cm³/mol. The molecule has 0 saturated heterocycles. The van der Waals surface area contributed by atoms with Crippen LogP contribution in [0, 0.1) is 0 Å². The summed E-state index contributed by atoms with van der Waals surface area (Å²) in [6, 6.07) is 20.3. The number of benzene rings is 2. The van der Waals surface area contributed by atoms with Gasteiger partial charge in [-0.05, 0) is 0 Å². The standard InChI is InChI=1S/C17H17O.Pd/c18-17(13-11-15-7-3-1-4-8-15)14-12-16-9-5-2-6-10-16;/h1-10,13H,11-12,14H2;. The van der Waals surface area contributed by atoms with E-state index < -0.39 is 0 Å². The molecule has 2 aromatic rings. The monoisotopic (exact) mass is 343 g/mol. The van der Waals surface area contributed by atoms with Crippen LogP contribution in [0.4, 0.5) is 0 Å². The van der Waals surface area contributed by atoms with Gasteiger partial charge in [0.25, 0.3) is 0 Å². The van der Waals surface area contributed by atoms with Crippen molar-refractivity contribution in [3.05, 3.63) is 71.8 Å². The second-order valence-corrected chi connectivity index (χ2v) is 5.65. The van der Waals surface area contributed by atoms with E-state index in [9.17, 15) is 4.79 Å². The topological polar surface area (TPSA) is 17.1 Å². The number of aryl methyl sites for hydroxylation is 1. The molecule has 0 saturated carbocycles. The van der Waals surface area contributed by atoms with E-state index in [1.54, 1.807) is 0 Å². The normalized spacial score (nSPS) is 12.1. The van der Waals surface area contributed by atoms with Crippen molar-refractivity contribution < 1.29 is 24.0 Å². The quantitative estimate of drug-likeness (QED) is 0.730. The molecule has 2 rings (SSSR count). The third-order valence-electron chi connectivity index (χ3n) is 3.08. The molecule has 1 atom stereocenters. The van der Waals surface area contributed by atoms with Crippen LogP contribution in [0.5, 0.6) is 0 Å². The Hall–Kier alpha value is -1.23. The van der Waals surface area contributed by atoms with Crippen LogP contribution in [0.15, 0.2) is 60.7 Å². The fraction of sp³-hybridized carbons (Fsp3) is 0.235. The molecule has 0 fully saturated rings. The molecule has 0 heterocycles. The Morgan fingerprint density at radius 3 is 2.00 bits per heavy atom. The molecule has 0 amide bonds. The van der Waals surface area contributed by atoms with Gasteiger partial charge in [0.15, 0.2) is 0 Å². The molecule has 19 heavy (non-hydrogen) atoms. The Balaban J connectivity index is 1.83. The molecule has 2 heteroatoms. The molecular formula is C17H17OPd. The van der Waals surface area contributed by atoms with E-state index in [2.05, 4.69) is 43.5 Å². The van der Waals surface area contributed by atoms with Gasteiger partial charge in [-0.3, -0.25) is 0 Å². The number of hydrogen-bond donors (Lipinski definition) is 0. The van der Waals surface area contributed by atoms with Gasteiger partial charge in [0, 0.05) is 0 Å². The zero-order valence-corrected chi connectivity index (χ0v) is 12.3. The number of rotatable bonds is 6. The average molecular weight is 344 g/mol. The van der Waals surface area contributed by atoms with Crippen LogP contribution in [-0.2, 0) is 36.8 Å². The first-order valence-corrected chi connectivity index (χ1v) is 7.36. The first-order chi connectivity index (χ1) is 9.25. The van der Waals surface area contributed by atoms with E-state index in [0.717, 1.165) is 12.8 Å². The van der Waals surface area contributed by atoms with Gasteiger partial charge in [-0.15, -0.1) is 0 Å². The van der Waals surface area contributed by atoms with Crippen LogP contribution in [0.25, 0.3) is 0 Å². The molecule has 0 spiro atoms. The third-order valence-corrected chi connectivity index (χ3v) is 3.90. The van der Waals surface area contributed by atoms with Crippen molar-refractivity contribution in [2.24, 2.45) is 0 Å². The van der Waals surface area contributed by atoms with Crippen molar-refractivity contribution >= 4 is 5.78 Å². The Morgan fingerprint density at radius 2 is 1.42 bits per heavy atom. The van der Waals surface area contributed by atoms with Gasteiger partial charge in [-0.1, -0.05) is 0 Å². The van der Waals surface area contributed by atoms with E-state index in [0.29, 0.717) is 6.42 Å². The van der Waals surface area contributed by atoms with Crippen LogP contribution in [0.1, 0.15) is 17.5 Å². The van der Waals surface area contributed by atoms with Crippen molar-refractivity contribution in [3.8, 4) is 0 Å². The molecule has 1 nitrogen and oxygen atoms in total. The summed E-state index contributed by atoms with van der Waals surface area (Å²) in [6.45, 7) is 0. The molecule has 0 radical (unpaired) electrons. The van der Waals surface area contributed by atoms with Crippen molar-refractivity contribution in [3.63, 3.8) is 0 Å². The van der Waals surface area contributed by atoms with E-state index in [4.69, 9.17) is 0 Å². The number of carbonyl (C=O) groups is 1. The van der Waals surface area contributed by atoms with Crippen molar-refractivity contribution in [2.45, 2.75) is 23.7 Å². The summed E-state index contributed by atoms with van der Waals surface area (Å²) < 4.78 is -0.0471. The van der Waals surface area contributed by atoms with Gasteiger partial charge in [-0.2, -0.15) is 0 Å². The second-order valence-electron chi connectivity index (χ2n) is 4.57. The van der Waals surface area contributed by atoms with Crippen LogP contribution in [-0.4, -0.2) is 5.78 Å². The van der Waals surface area contributed by atoms with Gasteiger partial charge in [0.05, 0.1) is 0 Å². The Labute approximate surface area is 125 Å². The summed E-state index contributed by atoms with van der Waals surface area (Å²) in [7, 11) is 0. The summed E-state index contributed by atoms with van der Waals surface area (Å²) in [6.07, 6.45) is 2.20. The summed E-state index contributed by atoms with van der Waals surface area (Å²) in [4.78, 5) is 12.1. The van der Waals surface area contributed by atoms with Crippen molar-refractivity contribution in [2.75, 3.05) is 0 Å². The molecule has 2 aromatic carbocycles. The molecular weight excluding hydrogens is 327 g/mol. The first-order valence-electron chi connectivity index (χ1n) is 6.47. The number of hydrogen-bond acceptors (Lipinski definition) is 1. The third kappa shape index (κ3) is 4.75. The average Bonchev–Trinajstić information content (AvgIpc) is 2.47. The predicted octanol–water partition coefficient (Wildman–Crippen LogP) is 3.77. The number of carbonyl (C=O) groups excluding carboxylic acids is 1. The summed E-state index contributed by atoms with van der Waals surface area (Å²) in [5.74, 6) is 0.288. The Bertz CT molecular complexity index is 507. The summed E-state index contributed by atoms with van der Waals surface area (Å²) in [5, 5.41) is 0. The Morgan fingerprint density at radius 1 is 0.895 bits per heavy atom. The first kappa shape index (κ1) is 14.2. The van der Waals surface area contributed by atoms with Gasteiger partial charge >= 0.3 is 125 Å². The van der Waals surface area contributed by atoms with E-state index in [-0.39, 0.29) is 10.2 Å². The van der Waals surface area contributed by atoms with E-state index >= 15 is 0 Å². The van der Waals surface area contributed by atoms with Gasteiger partial charge in [0.1, 0.15) is 0 Å². The maximum absolute atomic E-state index is 12.1. The molecule has 0 aliphatic carbocycles. The minimum absolute atomic E-state index is 0.0471. The summed E-state index contributed by atoms with van der Waals surface area (Å²) >= 11 is 3.21. The molecule has 0 aliphatic rings. The molecule has 101 valence electrons. The van der Waals surface area contributed by atoms with Crippen LogP contribution in [0.2, 0.25) is 4.39 Å². The fourth-order valence-corrected chi connectivity index (χ4v) is 2.57. The van der Waals surface area contributed by atoms with Crippen LogP contribution < -0.4 is 0 Å². The Kier molecular flexibility index (Phi) is 5.51. The molecule has 0 aromatic heterocycles. The molecule has 0 bridgehead atoms. The van der Waals surface area contributed by atoms with Crippen LogP contribution in [0.3, 0.4) is 0 Å². The van der Waals surface area contributed by atoms with Crippen molar-refractivity contribution in [1.82, 2.24) is 0 Å². The molecule has 1 unspecified atom stereocenters. The molecule has 0 aliphatic heterocycles. The van der Waals surface area contributed by atoms with Gasteiger partial charge in [0.2, 0.25) is 0 Å². The van der Waals surface area contributed by atoms with Crippen LogP contribution >= 0.6 is 0 Å².